The molecule has 7 heteroatoms. The fourth-order valence-corrected chi connectivity index (χ4v) is 3.14. The Balaban J connectivity index is 0. The Labute approximate surface area is 203 Å². The number of thiol groups is 1. The van der Waals surface area contributed by atoms with Crippen molar-refractivity contribution in [2.45, 2.75) is 72.8 Å². The quantitative estimate of drug-likeness (QED) is 0.189. The molecule has 6 nitrogen and oxygen atoms in total. The fourth-order valence-electron chi connectivity index (χ4n) is 3.14. The Morgan fingerprint density at radius 1 is 1.06 bits per heavy atom. The van der Waals surface area contributed by atoms with Crippen LogP contribution in [0.3, 0.4) is 0 Å². The van der Waals surface area contributed by atoms with Gasteiger partial charge >= 0.3 is 0 Å². The van der Waals surface area contributed by atoms with Gasteiger partial charge in [-0.15, -0.1) is 0 Å². The summed E-state index contributed by atoms with van der Waals surface area (Å²) in [6, 6.07) is 7.97. The predicted octanol–water partition coefficient (Wildman–Crippen LogP) is 4.74. The van der Waals surface area contributed by atoms with Crippen molar-refractivity contribution in [2.24, 2.45) is 5.84 Å². The van der Waals surface area contributed by atoms with E-state index in [1.165, 1.54) is 32.4 Å². The molecule has 1 saturated heterocycles. The van der Waals surface area contributed by atoms with Crippen LogP contribution in [0.1, 0.15) is 71.8 Å². The van der Waals surface area contributed by atoms with E-state index in [-0.39, 0.29) is 5.91 Å². The molecule has 0 bridgehead atoms. The van der Waals surface area contributed by atoms with Crippen molar-refractivity contribution in [1.29, 1.82) is 0 Å². The number of carbonyl (C=O) groups is 1. The summed E-state index contributed by atoms with van der Waals surface area (Å²) in [5, 5.41) is 4.53. The van der Waals surface area contributed by atoms with Crippen molar-refractivity contribution in [3.8, 4) is 5.75 Å². The first-order chi connectivity index (χ1) is 15.6. The summed E-state index contributed by atoms with van der Waals surface area (Å²) in [6.07, 6.45) is 8.08. The van der Waals surface area contributed by atoms with E-state index in [9.17, 15) is 4.79 Å². The molecule has 2 rings (SSSR count). The summed E-state index contributed by atoms with van der Waals surface area (Å²) in [5.41, 5.74) is 1.08. The summed E-state index contributed by atoms with van der Waals surface area (Å²) in [5.74, 6) is 6.48. The van der Waals surface area contributed by atoms with E-state index < -0.39 is 0 Å². The normalized spacial score (nSPS) is 12.9. The maximum absolute atomic E-state index is 11.8. The molecule has 0 aromatic heterocycles. The zero-order chi connectivity index (χ0) is 24.6. The van der Waals surface area contributed by atoms with Gasteiger partial charge in [-0.2, -0.15) is 12.6 Å². The Morgan fingerprint density at radius 3 is 2.22 bits per heavy atom. The molecule has 1 aliphatic heterocycles. The van der Waals surface area contributed by atoms with Crippen molar-refractivity contribution in [3.05, 3.63) is 29.8 Å². The number of nitrogens with two attached hydrogens (primary N) is 1. The number of hydrazine groups is 1. The van der Waals surface area contributed by atoms with Gasteiger partial charge in [0.1, 0.15) is 5.75 Å². The van der Waals surface area contributed by atoms with Gasteiger partial charge in [-0.3, -0.25) is 15.6 Å². The molecule has 1 aromatic carbocycles. The van der Waals surface area contributed by atoms with Crippen molar-refractivity contribution in [3.63, 3.8) is 0 Å². The minimum absolute atomic E-state index is 0.0601. The second kappa shape index (κ2) is 24.4. The number of carbonyl (C=O) groups excluding carboxylic acids is 1. The number of piperidine rings is 1. The Kier molecular flexibility index (Phi) is 25.0. The molecule has 0 radical (unpaired) electrons. The summed E-state index contributed by atoms with van der Waals surface area (Å²) >= 11 is 3.53. The Hall–Kier alpha value is -1.28. The second-order valence-corrected chi connectivity index (χ2v) is 7.11. The van der Waals surface area contributed by atoms with Gasteiger partial charge in [0, 0.05) is 33.1 Å². The minimum Gasteiger partial charge on any atom is -0.494 e. The Bertz CT molecular complexity index is 521. The van der Waals surface area contributed by atoms with Crippen LogP contribution in [0.2, 0.25) is 0 Å². The standard InChI is InChI=1S/C20H34N4O2.2C2H6.CH4S/c1-23(21)12-5-7-20(25)22-17-18-8-10-19(11-9-18)26-16-6-15-24-13-3-2-4-14-24;3*1-2/h8-11H,2-7,12-17,21H2,1H3,(H,22,25);2*1-2H3;2H,1H3. The third-order valence-electron chi connectivity index (χ3n) is 4.66. The molecular formula is C25H50N4O2S. The number of amides is 1. The zero-order valence-electron chi connectivity index (χ0n) is 21.5. The minimum atomic E-state index is 0.0601. The van der Waals surface area contributed by atoms with E-state index >= 15 is 0 Å². The zero-order valence-corrected chi connectivity index (χ0v) is 22.4. The number of likely N-dealkylation sites (tertiary alicyclic amines) is 1. The van der Waals surface area contributed by atoms with E-state index in [0.717, 1.165) is 43.9 Å². The first-order valence-electron chi connectivity index (χ1n) is 12.2. The van der Waals surface area contributed by atoms with Crippen LogP contribution in [-0.4, -0.2) is 61.9 Å². The summed E-state index contributed by atoms with van der Waals surface area (Å²) in [7, 11) is 1.80. The number of nitrogens with one attached hydrogen (secondary N) is 1. The Morgan fingerprint density at radius 2 is 1.66 bits per heavy atom. The number of benzene rings is 1. The molecular weight excluding hydrogens is 420 g/mol. The topological polar surface area (TPSA) is 70.8 Å². The molecule has 0 unspecified atom stereocenters. The lowest BCUT2D eigenvalue weighted by Crippen LogP contribution is -2.31. The molecule has 1 aromatic rings. The van der Waals surface area contributed by atoms with E-state index in [4.69, 9.17) is 10.6 Å². The van der Waals surface area contributed by atoms with E-state index in [2.05, 4.69) is 22.8 Å². The summed E-state index contributed by atoms with van der Waals surface area (Å²) < 4.78 is 5.82. The number of hydrogen-bond acceptors (Lipinski definition) is 6. The van der Waals surface area contributed by atoms with Crippen LogP contribution in [0.25, 0.3) is 0 Å². The molecule has 0 atom stereocenters. The molecule has 1 aliphatic rings. The smallest absolute Gasteiger partial charge is 0.220 e. The maximum atomic E-state index is 11.8. The average Bonchev–Trinajstić information content (AvgIpc) is 2.85. The summed E-state index contributed by atoms with van der Waals surface area (Å²) in [6.45, 7) is 13.6. The largest absolute Gasteiger partial charge is 0.494 e. The molecule has 0 aliphatic carbocycles. The van der Waals surface area contributed by atoms with E-state index in [1.807, 2.05) is 52.0 Å². The van der Waals surface area contributed by atoms with Gasteiger partial charge in [-0.25, -0.2) is 0 Å². The maximum Gasteiger partial charge on any atom is 0.220 e. The van der Waals surface area contributed by atoms with Crippen LogP contribution >= 0.6 is 12.6 Å². The molecule has 0 spiro atoms. The van der Waals surface area contributed by atoms with Crippen LogP contribution in [0, 0.1) is 0 Å². The number of ether oxygens (including phenoxy) is 1. The number of rotatable bonds is 11. The molecule has 0 saturated carbocycles. The predicted molar refractivity (Wildman–Crippen MR) is 142 cm³/mol. The van der Waals surface area contributed by atoms with Gasteiger partial charge in [0.05, 0.1) is 6.61 Å². The van der Waals surface area contributed by atoms with Gasteiger partial charge < -0.3 is 15.0 Å². The van der Waals surface area contributed by atoms with Crippen LogP contribution < -0.4 is 15.9 Å². The molecule has 3 N–H and O–H groups in total. The molecule has 1 fully saturated rings. The second-order valence-electron chi connectivity index (χ2n) is 7.11. The van der Waals surface area contributed by atoms with Crippen LogP contribution in [0.15, 0.2) is 24.3 Å². The highest BCUT2D eigenvalue weighted by molar-refractivity contribution is 7.79. The lowest BCUT2D eigenvalue weighted by Gasteiger charge is -2.26. The highest BCUT2D eigenvalue weighted by atomic mass is 32.1. The van der Waals surface area contributed by atoms with Gasteiger partial charge in [0.2, 0.25) is 5.91 Å². The first-order valence-corrected chi connectivity index (χ1v) is 13.1. The van der Waals surface area contributed by atoms with Crippen molar-refractivity contribution in [1.82, 2.24) is 15.2 Å². The molecule has 1 amide bonds. The van der Waals surface area contributed by atoms with Gasteiger partial charge in [0.25, 0.3) is 0 Å². The molecule has 1 heterocycles. The number of hydrogen-bond donors (Lipinski definition) is 3. The SMILES string of the molecule is CC.CC.CN(N)CCCC(=O)NCc1ccc(OCCCN2CCCCC2)cc1.CS. The summed E-state index contributed by atoms with van der Waals surface area (Å²) in [4.78, 5) is 14.3. The monoisotopic (exact) mass is 470 g/mol. The van der Waals surface area contributed by atoms with Crippen molar-refractivity contribution < 1.29 is 9.53 Å². The van der Waals surface area contributed by atoms with Gasteiger partial charge in [-0.05, 0) is 62.7 Å². The fraction of sp³-hybridized carbons (Fsp3) is 0.720. The number of nitrogens with zero attached hydrogens (tertiary/aromatic N) is 2. The van der Waals surface area contributed by atoms with Crippen LogP contribution in [-0.2, 0) is 11.3 Å². The highest BCUT2D eigenvalue weighted by Crippen LogP contribution is 2.13. The average molecular weight is 471 g/mol. The lowest BCUT2D eigenvalue weighted by molar-refractivity contribution is -0.121. The third kappa shape index (κ3) is 18.3. The van der Waals surface area contributed by atoms with Crippen molar-refractivity contribution >= 4 is 18.5 Å². The van der Waals surface area contributed by atoms with Crippen molar-refractivity contribution in [2.75, 3.05) is 46.1 Å². The van der Waals surface area contributed by atoms with E-state index in [1.54, 1.807) is 18.3 Å². The van der Waals surface area contributed by atoms with Gasteiger partial charge in [-0.1, -0.05) is 46.2 Å². The van der Waals surface area contributed by atoms with E-state index in [0.29, 0.717) is 13.0 Å². The molecule has 188 valence electrons. The first kappa shape index (κ1) is 32.9. The van der Waals surface area contributed by atoms with Crippen LogP contribution in [0.5, 0.6) is 5.75 Å². The molecule has 32 heavy (non-hydrogen) atoms. The van der Waals surface area contributed by atoms with Crippen LogP contribution in [0.4, 0.5) is 0 Å². The van der Waals surface area contributed by atoms with Gasteiger partial charge in [0.15, 0.2) is 0 Å². The lowest BCUT2D eigenvalue weighted by atomic mass is 10.1. The third-order valence-corrected chi connectivity index (χ3v) is 4.66. The highest BCUT2D eigenvalue weighted by Gasteiger charge is 2.09.